The van der Waals surface area contributed by atoms with Gasteiger partial charge in [0.15, 0.2) is 0 Å². The van der Waals surface area contributed by atoms with Crippen LogP contribution >= 0.6 is 0 Å². The SMILES string of the molecule is C=C1[C@H](O)CC(=C/C(C)=C2\CCC[C@@]3(C)C2CCC3C(C)C(C)(C)CCC(C)(C)C)C[C@H]1O. The number of allylic oxidation sites excluding steroid dienone is 3. The van der Waals surface area contributed by atoms with Crippen molar-refractivity contribution < 1.29 is 10.2 Å². The molecule has 0 radical (unpaired) electrons. The van der Waals surface area contributed by atoms with Crippen LogP contribution in [0.2, 0.25) is 0 Å². The Hall–Kier alpha value is -0.860. The van der Waals surface area contributed by atoms with Gasteiger partial charge in [0.05, 0.1) is 12.2 Å². The normalized spacial score (nSPS) is 35.9. The van der Waals surface area contributed by atoms with Gasteiger partial charge >= 0.3 is 0 Å². The summed E-state index contributed by atoms with van der Waals surface area (Å²) in [4.78, 5) is 0. The molecule has 6 atom stereocenters. The van der Waals surface area contributed by atoms with E-state index in [-0.39, 0.29) is 0 Å². The maximum absolute atomic E-state index is 10.3. The summed E-state index contributed by atoms with van der Waals surface area (Å²) >= 11 is 0. The summed E-state index contributed by atoms with van der Waals surface area (Å²) in [6, 6.07) is 0. The smallest absolute Gasteiger partial charge is 0.0809 e. The van der Waals surface area contributed by atoms with Gasteiger partial charge in [-0.3, -0.25) is 0 Å². The molecule has 3 unspecified atom stereocenters. The van der Waals surface area contributed by atoms with E-state index < -0.39 is 12.2 Å². The van der Waals surface area contributed by atoms with E-state index in [0.717, 1.165) is 11.8 Å². The van der Waals surface area contributed by atoms with Crippen LogP contribution in [0.1, 0.15) is 113 Å². The van der Waals surface area contributed by atoms with Gasteiger partial charge in [0, 0.05) is 0 Å². The zero-order chi connectivity index (χ0) is 24.8. The molecule has 0 heterocycles. The summed E-state index contributed by atoms with van der Waals surface area (Å²) in [5.74, 6) is 2.19. The average Bonchev–Trinajstić information content (AvgIpc) is 3.06. The van der Waals surface area contributed by atoms with Crippen LogP contribution in [0.15, 0.2) is 34.9 Å². The summed E-state index contributed by atoms with van der Waals surface area (Å²) in [7, 11) is 0. The summed E-state index contributed by atoms with van der Waals surface area (Å²) in [6.07, 6.45) is 11.4. The van der Waals surface area contributed by atoms with Crippen LogP contribution in [0.3, 0.4) is 0 Å². The molecule has 3 fully saturated rings. The molecule has 3 rings (SSSR count). The number of aliphatic hydroxyl groups excluding tert-OH is 2. The lowest BCUT2D eigenvalue weighted by Crippen LogP contribution is -2.40. The molecule has 188 valence electrons. The van der Waals surface area contributed by atoms with E-state index in [9.17, 15) is 10.2 Å². The number of fused-ring (bicyclic) bond motifs is 1. The average molecular weight is 457 g/mol. The van der Waals surface area contributed by atoms with Gasteiger partial charge in [-0.25, -0.2) is 0 Å². The molecule has 2 heteroatoms. The standard InChI is InChI=1S/C31H52O2/c1-20(17-23-18-27(32)21(2)28(33)19-23)24-11-10-14-31(9)25(12-13-26(24)31)22(3)30(7,8)16-15-29(4,5)6/h17,22,25-28,32-33H,2,10-16,18-19H2,1,3-9H3/b24-20+/t22?,25?,26?,27-,28-,31-/m1/s1. The highest BCUT2D eigenvalue weighted by atomic mass is 16.3. The molecular weight excluding hydrogens is 404 g/mol. The molecule has 0 saturated heterocycles. The molecular formula is C31H52O2. The molecule has 0 aliphatic heterocycles. The van der Waals surface area contributed by atoms with E-state index >= 15 is 0 Å². The van der Waals surface area contributed by atoms with E-state index in [0.29, 0.717) is 40.6 Å². The van der Waals surface area contributed by atoms with Crippen LogP contribution in [-0.4, -0.2) is 22.4 Å². The van der Waals surface area contributed by atoms with Crippen LogP contribution in [0, 0.1) is 34.0 Å². The third kappa shape index (κ3) is 5.69. The Bertz CT molecular complexity index is 776. The first-order valence-electron chi connectivity index (χ1n) is 13.6. The van der Waals surface area contributed by atoms with E-state index in [1.165, 1.54) is 56.1 Å². The van der Waals surface area contributed by atoms with Crippen molar-refractivity contribution in [1.29, 1.82) is 0 Å². The molecule has 0 bridgehead atoms. The van der Waals surface area contributed by atoms with E-state index in [2.05, 4.69) is 68.0 Å². The lowest BCUT2D eigenvalue weighted by molar-refractivity contribution is 0.0324. The second kappa shape index (κ2) is 9.65. The zero-order valence-corrected chi connectivity index (χ0v) is 22.9. The van der Waals surface area contributed by atoms with Crippen molar-refractivity contribution in [2.24, 2.45) is 34.0 Å². The van der Waals surface area contributed by atoms with Gasteiger partial charge in [-0.05, 0) is 104 Å². The molecule has 2 nitrogen and oxygen atoms in total. The number of hydrogen-bond acceptors (Lipinski definition) is 2. The van der Waals surface area contributed by atoms with Crippen molar-refractivity contribution in [3.05, 3.63) is 34.9 Å². The van der Waals surface area contributed by atoms with Crippen molar-refractivity contribution >= 4 is 0 Å². The predicted octanol–water partition coefficient (Wildman–Crippen LogP) is 8.01. The fraction of sp³-hybridized carbons (Fsp3) is 0.806. The molecule has 3 aliphatic carbocycles. The summed E-state index contributed by atoms with van der Waals surface area (Å²) in [6.45, 7) is 23.4. The molecule has 33 heavy (non-hydrogen) atoms. The maximum atomic E-state index is 10.3. The van der Waals surface area contributed by atoms with E-state index in [1.807, 2.05) is 0 Å². The monoisotopic (exact) mass is 456 g/mol. The lowest BCUT2D eigenvalue weighted by Gasteiger charge is -2.48. The highest BCUT2D eigenvalue weighted by molar-refractivity contribution is 5.35. The van der Waals surface area contributed by atoms with Crippen molar-refractivity contribution in [3.8, 4) is 0 Å². The van der Waals surface area contributed by atoms with Gasteiger partial charge in [-0.15, -0.1) is 0 Å². The Labute approximate surface area is 204 Å². The molecule has 3 aliphatic rings. The van der Waals surface area contributed by atoms with Crippen molar-refractivity contribution in [2.45, 2.75) is 125 Å². The Morgan fingerprint density at radius 1 is 1.09 bits per heavy atom. The Morgan fingerprint density at radius 2 is 1.70 bits per heavy atom. The Morgan fingerprint density at radius 3 is 2.27 bits per heavy atom. The number of hydrogen-bond donors (Lipinski definition) is 2. The number of aliphatic hydroxyl groups is 2. The Balaban J connectivity index is 1.81. The molecule has 2 N–H and O–H groups in total. The van der Waals surface area contributed by atoms with Crippen LogP contribution in [0.5, 0.6) is 0 Å². The molecule has 0 aromatic rings. The fourth-order valence-electron chi connectivity index (χ4n) is 7.37. The lowest BCUT2D eigenvalue weighted by atomic mass is 9.56. The molecule has 3 saturated carbocycles. The van der Waals surface area contributed by atoms with Crippen LogP contribution < -0.4 is 0 Å². The summed E-state index contributed by atoms with van der Waals surface area (Å²) < 4.78 is 0. The van der Waals surface area contributed by atoms with E-state index in [1.54, 1.807) is 5.57 Å². The van der Waals surface area contributed by atoms with Crippen molar-refractivity contribution in [2.75, 3.05) is 0 Å². The minimum Gasteiger partial charge on any atom is -0.388 e. The largest absolute Gasteiger partial charge is 0.388 e. The summed E-state index contributed by atoms with van der Waals surface area (Å²) in [5.41, 5.74) is 5.96. The van der Waals surface area contributed by atoms with Gasteiger partial charge in [-0.2, -0.15) is 0 Å². The third-order valence-electron chi connectivity index (χ3n) is 10.0. The molecule has 0 amide bonds. The first-order chi connectivity index (χ1) is 15.2. The van der Waals surface area contributed by atoms with Gasteiger partial charge in [0.1, 0.15) is 0 Å². The quantitative estimate of drug-likeness (QED) is 0.411. The fourth-order valence-corrected chi connectivity index (χ4v) is 7.37. The second-order valence-corrected chi connectivity index (χ2v) is 14.0. The van der Waals surface area contributed by atoms with Crippen molar-refractivity contribution in [3.63, 3.8) is 0 Å². The highest BCUT2D eigenvalue weighted by Crippen LogP contribution is 2.62. The van der Waals surface area contributed by atoms with Gasteiger partial charge in [0.25, 0.3) is 0 Å². The molecule has 0 aromatic carbocycles. The highest BCUT2D eigenvalue weighted by Gasteiger charge is 2.53. The minimum atomic E-state index is -0.610. The Kier molecular flexibility index (Phi) is 7.82. The zero-order valence-electron chi connectivity index (χ0n) is 22.9. The molecule has 0 aromatic heterocycles. The van der Waals surface area contributed by atoms with Gasteiger partial charge < -0.3 is 10.2 Å². The molecule has 0 spiro atoms. The van der Waals surface area contributed by atoms with Gasteiger partial charge in [0.2, 0.25) is 0 Å². The third-order valence-corrected chi connectivity index (χ3v) is 10.0. The van der Waals surface area contributed by atoms with Crippen LogP contribution in [-0.2, 0) is 0 Å². The van der Waals surface area contributed by atoms with Gasteiger partial charge in [-0.1, -0.05) is 77.8 Å². The first-order valence-corrected chi connectivity index (χ1v) is 13.6. The van der Waals surface area contributed by atoms with Crippen LogP contribution in [0.25, 0.3) is 0 Å². The first kappa shape index (κ1) is 26.7. The topological polar surface area (TPSA) is 40.5 Å². The second-order valence-electron chi connectivity index (χ2n) is 14.0. The number of rotatable bonds is 5. The summed E-state index contributed by atoms with van der Waals surface area (Å²) in [5, 5.41) is 20.6. The van der Waals surface area contributed by atoms with Crippen LogP contribution in [0.4, 0.5) is 0 Å². The van der Waals surface area contributed by atoms with Crippen molar-refractivity contribution in [1.82, 2.24) is 0 Å². The predicted molar refractivity (Wildman–Crippen MR) is 141 cm³/mol. The van der Waals surface area contributed by atoms with E-state index in [4.69, 9.17) is 0 Å². The maximum Gasteiger partial charge on any atom is 0.0809 e. The minimum absolute atomic E-state index is 0.366.